The molecule has 6 heteroatoms. The summed E-state index contributed by atoms with van der Waals surface area (Å²) >= 11 is 0.719. The van der Waals surface area contributed by atoms with E-state index in [1.807, 2.05) is 0 Å². The third-order valence-electron chi connectivity index (χ3n) is 1.47. The van der Waals surface area contributed by atoms with Gasteiger partial charge in [0.2, 0.25) is 0 Å². The molecule has 1 aromatic rings. The summed E-state index contributed by atoms with van der Waals surface area (Å²) in [5.74, 6) is -1.09. The van der Waals surface area contributed by atoms with Gasteiger partial charge in [-0.05, 0) is 24.8 Å². The highest BCUT2D eigenvalue weighted by molar-refractivity contribution is 8.13. The number of aromatic nitrogens is 1. The topological polar surface area (TPSA) is 76.5 Å². The number of hydrogen-bond acceptors (Lipinski definition) is 5. The normalized spacial score (nSPS) is 9.67. The molecule has 15 heavy (non-hydrogen) atoms. The van der Waals surface area contributed by atoms with E-state index in [2.05, 4.69) is 9.72 Å². The van der Waals surface area contributed by atoms with E-state index in [1.165, 1.54) is 18.5 Å². The maximum absolute atomic E-state index is 11.1. The molecule has 0 fully saturated rings. The van der Waals surface area contributed by atoms with Gasteiger partial charge in [-0.25, -0.2) is 9.59 Å². The van der Waals surface area contributed by atoms with Gasteiger partial charge in [0.15, 0.2) is 0 Å². The molecule has 0 amide bonds. The van der Waals surface area contributed by atoms with Crippen LogP contribution in [0.3, 0.4) is 0 Å². The minimum Gasteiger partial charge on any atom is -0.478 e. The number of carbonyl (C=O) groups is 2. The second-order valence-electron chi connectivity index (χ2n) is 2.46. The number of thioether (sulfide) groups is 1. The van der Waals surface area contributed by atoms with E-state index < -0.39 is 11.3 Å². The van der Waals surface area contributed by atoms with Crippen LogP contribution >= 0.6 is 11.8 Å². The van der Waals surface area contributed by atoms with Crippen molar-refractivity contribution in [3.05, 3.63) is 24.0 Å². The zero-order valence-corrected chi connectivity index (χ0v) is 8.78. The predicted octanol–water partition coefficient (Wildman–Crippen LogP) is 2.03. The molecule has 1 heterocycles. The summed E-state index contributed by atoms with van der Waals surface area (Å²) in [5.41, 5.74) is 0.0445. The molecule has 0 bridgehead atoms. The molecule has 1 aromatic heterocycles. The first-order chi connectivity index (χ1) is 7.15. The highest BCUT2D eigenvalue weighted by Gasteiger charge is 2.14. The fraction of sp³-hybridized carbons (Fsp3) is 0.222. The van der Waals surface area contributed by atoms with Crippen LogP contribution in [-0.4, -0.2) is 28.0 Å². The lowest BCUT2D eigenvalue weighted by atomic mass is 10.3. The molecule has 0 aromatic carbocycles. The quantitative estimate of drug-likeness (QED) is 0.629. The van der Waals surface area contributed by atoms with Crippen molar-refractivity contribution < 1.29 is 19.4 Å². The van der Waals surface area contributed by atoms with Gasteiger partial charge in [-0.15, -0.1) is 0 Å². The molecule has 0 unspecified atom stereocenters. The first-order valence-electron chi connectivity index (χ1n) is 4.17. The number of pyridine rings is 1. The molecule has 1 rings (SSSR count). The Kier molecular flexibility index (Phi) is 4.11. The summed E-state index contributed by atoms with van der Waals surface area (Å²) in [6.45, 7) is 1.94. The highest BCUT2D eigenvalue weighted by Crippen LogP contribution is 2.23. The molecule has 0 saturated heterocycles. The van der Waals surface area contributed by atoms with E-state index in [-0.39, 0.29) is 17.1 Å². The van der Waals surface area contributed by atoms with Crippen molar-refractivity contribution in [3.63, 3.8) is 0 Å². The Labute approximate surface area is 90.5 Å². The Morgan fingerprint density at radius 3 is 2.93 bits per heavy atom. The number of rotatable bonds is 3. The summed E-state index contributed by atoms with van der Waals surface area (Å²) in [7, 11) is 0. The average molecular weight is 227 g/mol. The Hall–Kier alpha value is -1.56. The number of ether oxygens (including phenoxy) is 1. The average Bonchev–Trinajstić information content (AvgIpc) is 2.18. The molecular weight excluding hydrogens is 218 g/mol. The van der Waals surface area contributed by atoms with E-state index >= 15 is 0 Å². The monoisotopic (exact) mass is 227 g/mol. The Morgan fingerprint density at radius 2 is 2.33 bits per heavy atom. The number of carboxylic acids is 1. The lowest BCUT2D eigenvalue weighted by Crippen LogP contribution is -2.02. The fourth-order valence-corrected chi connectivity index (χ4v) is 1.61. The summed E-state index contributed by atoms with van der Waals surface area (Å²) in [4.78, 5) is 25.9. The molecule has 0 aliphatic carbocycles. The third-order valence-corrected chi connectivity index (χ3v) is 2.30. The number of carboxylic acid groups (broad SMARTS) is 1. The number of aromatic carboxylic acids is 1. The standard InChI is InChI=1S/C9H9NO4S/c1-2-14-9(13)15-7-5-10-4-3-6(7)8(11)12/h3-5H,2H2,1H3,(H,11,12). The zero-order valence-electron chi connectivity index (χ0n) is 7.97. The largest absolute Gasteiger partial charge is 0.478 e. The van der Waals surface area contributed by atoms with Crippen molar-refractivity contribution in [2.45, 2.75) is 11.8 Å². The van der Waals surface area contributed by atoms with Crippen molar-refractivity contribution >= 4 is 23.0 Å². The highest BCUT2D eigenvalue weighted by atomic mass is 32.2. The fourth-order valence-electron chi connectivity index (χ4n) is 0.875. The summed E-state index contributed by atoms with van der Waals surface area (Å²) in [6, 6.07) is 1.34. The van der Waals surface area contributed by atoms with Crippen molar-refractivity contribution in [3.8, 4) is 0 Å². The van der Waals surface area contributed by atoms with E-state index in [1.54, 1.807) is 6.92 Å². The van der Waals surface area contributed by atoms with E-state index in [0.29, 0.717) is 0 Å². The lowest BCUT2D eigenvalue weighted by molar-refractivity contribution is 0.0693. The SMILES string of the molecule is CCOC(=O)Sc1cnccc1C(=O)O. The molecule has 5 nitrogen and oxygen atoms in total. The van der Waals surface area contributed by atoms with Crippen molar-refractivity contribution in [2.24, 2.45) is 0 Å². The molecule has 0 aliphatic rings. The van der Waals surface area contributed by atoms with Gasteiger partial charge in [-0.3, -0.25) is 4.98 Å². The molecule has 0 atom stereocenters. The van der Waals surface area contributed by atoms with E-state index in [0.717, 1.165) is 11.8 Å². The molecule has 80 valence electrons. The van der Waals surface area contributed by atoms with Crippen LogP contribution in [0.15, 0.2) is 23.4 Å². The number of nitrogens with zero attached hydrogens (tertiary/aromatic N) is 1. The van der Waals surface area contributed by atoms with Crippen LogP contribution in [0.5, 0.6) is 0 Å². The zero-order chi connectivity index (χ0) is 11.3. The first kappa shape index (κ1) is 11.5. The summed E-state index contributed by atoms with van der Waals surface area (Å²) < 4.78 is 4.68. The van der Waals surface area contributed by atoms with Gasteiger partial charge in [-0.2, -0.15) is 0 Å². The van der Waals surface area contributed by atoms with Crippen LogP contribution in [0.1, 0.15) is 17.3 Å². The summed E-state index contributed by atoms with van der Waals surface area (Å²) in [6.07, 6.45) is 2.68. The van der Waals surface area contributed by atoms with Gasteiger partial charge in [0.1, 0.15) is 0 Å². The first-order valence-corrected chi connectivity index (χ1v) is 4.98. The lowest BCUT2D eigenvalue weighted by Gasteiger charge is -2.03. The summed E-state index contributed by atoms with van der Waals surface area (Å²) in [5, 5.41) is 8.28. The van der Waals surface area contributed by atoms with Crippen LogP contribution in [0.25, 0.3) is 0 Å². The van der Waals surface area contributed by atoms with E-state index in [9.17, 15) is 9.59 Å². The number of hydrogen-bond donors (Lipinski definition) is 1. The van der Waals surface area contributed by atoms with Gasteiger partial charge < -0.3 is 9.84 Å². The van der Waals surface area contributed by atoms with E-state index in [4.69, 9.17) is 5.11 Å². The maximum Gasteiger partial charge on any atom is 0.372 e. The van der Waals surface area contributed by atoms with Crippen LogP contribution in [-0.2, 0) is 4.74 Å². The van der Waals surface area contributed by atoms with Gasteiger partial charge >= 0.3 is 11.3 Å². The van der Waals surface area contributed by atoms with Crippen LogP contribution in [0.4, 0.5) is 4.79 Å². The second-order valence-corrected chi connectivity index (χ2v) is 3.44. The van der Waals surface area contributed by atoms with Crippen LogP contribution < -0.4 is 0 Å². The molecule has 0 saturated carbocycles. The molecular formula is C9H9NO4S. The van der Waals surface area contributed by atoms with Gasteiger partial charge in [0.25, 0.3) is 0 Å². The third kappa shape index (κ3) is 3.25. The van der Waals surface area contributed by atoms with Gasteiger partial charge in [-0.1, -0.05) is 0 Å². The van der Waals surface area contributed by atoms with Gasteiger partial charge in [0.05, 0.1) is 17.1 Å². The molecule has 0 aliphatic heterocycles. The smallest absolute Gasteiger partial charge is 0.372 e. The Bertz CT molecular complexity index is 380. The molecule has 0 radical (unpaired) electrons. The Morgan fingerprint density at radius 1 is 1.60 bits per heavy atom. The predicted molar refractivity (Wildman–Crippen MR) is 54.1 cm³/mol. The van der Waals surface area contributed by atoms with Crippen LogP contribution in [0, 0.1) is 0 Å². The van der Waals surface area contributed by atoms with Crippen LogP contribution in [0.2, 0.25) is 0 Å². The molecule has 0 spiro atoms. The van der Waals surface area contributed by atoms with Gasteiger partial charge in [0, 0.05) is 12.4 Å². The second kappa shape index (κ2) is 5.35. The number of carbonyl (C=O) groups excluding carboxylic acids is 1. The maximum atomic E-state index is 11.1. The Balaban J connectivity index is 2.84. The minimum atomic E-state index is -1.09. The molecule has 1 N–H and O–H groups in total. The van der Waals surface area contributed by atoms with Crippen molar-refractivity contribution in [1.29, 1.82) is 0 Å². The minimum absolute atomic E-state index is 0.0445. The van der Waals surface area contributed by atoms with Crippen molar-refractivity contribution in [2.75, 3.05) is 6.61 Å². The van der Waals surface area contributed by atoms with Crippen molar-refractivity contribution in [1.82, 2.24) is 4.98 Å².